The van der Waals surface area contributed by atoms with Crippen molar-refractivity contribution in [3.05, 3.63) is 53.6 Å². The minimum absolute atomic E-state index is 0.213. The summed E-state index contributed by atoms with van der Waals surface area (Å²) in [6.45, 7) is 6.87. The minimum atomic E-state index is 0.213. The van der Waals surface area contributed by atoms with E-state index in [-0.39, 0.29) is 5.54 Å². The van der Waals surface area contributed by atoms with Gasteiger partial charge in [-0.15, -0.1) is 0 Å². The van der Waals surface area contributed by atoms with Gasteiger partial charge in [-0.2, -0.15) is 4.58 Å². The molecule has 20 heavy (non-hydrogen) atoms. The Balaban J connectivity index is 2.15. The summed E-state index contributed by atoms with van der Waals surface area (Å²) in [6, 6.07) is 13.4. The fraction of sp³-hybridized carbons (Fsp3) is 0.316. The van der Waals surface area contributed by atoms with E-state index in [1.165, 1.54) is 33.3 Å². The number of allylic oxidation sites excluding steroid dienone is 1. The summed E-state index contributed by atoms with van der Waals surface area (Å²) >= 11 is 0. The zero-order valence-corrected chi connectivity index (χ0v) is 12.4. The molecule has 0 fully saturated rings. The third-order valence-corrected chi connectivity index (χ3v) is 5.13. The van der Waals surface area contributed by atoms with E-state index in [0.717, 1.165) is 12.8 Å². The van der Waals surface area contributed by atoms with Gasteiger partial charge in [-0.05, 0) is 18.4 Å². The highest BCUT2D eigenvalue weighted by molar-refractivity contribution is 6.22. The molecule has 100 valence electrons. The summed E-state index contributed by atoms with van der Waals surface area (Å²) in [5, 5.41) is 2.79. The first-order valence-electron chi connectivity index (χ1n) is 7.54. The number of fused-ring (bicyclic) bond motifs is 2. The molecule has 0 radical (unpaired) electrons. The molecule has 0 amide bonds. The van der Waals surface area contributed by atoms with E-state index in [1.807, 2.05) is 0 Å². The lowest BCUT2D eigenvalue weighted by atomic mass is 9.89. The third-order valence-electron chi connectivity index (χ3n) is 5.13. The van der Waals surface area contributed by atoms with Gasteiger partial charge in [-0.25, -0.2) is 0 Å². The molecule has 1 nitrogen and oxygen atoms in total. The third kappa shape index (κ3) is 1.26. The second kappa shape index (κ2) is 3.82. The smallest absolute Gasteiger partial charge is 0.186 e. The second-order valence-corrected chi connectivity index (χ2v) is 6.21. The highest BCUT2D eigenvalue weighted by Crippen LogP contribution is 2.47. The number of hydrogen-bond donors (Lipinski definition) is 0. The van der Waals surface area contributed by atoms with Crippen molar-refractivity contribution in [3.63, 3.8) is 0 Å². The van der Waals surface area contributed by atoms with Gasteiger partial charge in [0, 0.05) is 31.4 Å². The van der Waals surface area contributed by atoms with Gasteiger partial charge in [0.15, 0.2) is 5.54 Å². The van der Waals surface area contributed by atoms with Crippen molar-refractivity contribution in [2.45, 2.75) is 39.2 Å². The highest BCUT2D eigenvalue weighted by Gasteiger charge is 2.51. The average molecular weight is 262 g/mol. The van der Waals surface area contributed by atoms with Crippen molar-refractivity contribution in [1.82, 2.24) is 0 Å². The molecular formula is C19H20N+. The molecule has 2 aromatic carbocycles. The lowest BCUT2D eigenvalue weighted by molar-refractivity contribution is -0.518. The largest absolute Gasteiger partial charge is 0.217 e. The van der Waals surface area contributed by atoms with E-state index in [4.69, 9.17) is 0 Å². The predicted octanol–water partition coefficient (Wildman–Crippen LogP) is 4.81. The standard InChI is InChI=1S/C19H20N/c1-4-13-12-19(3,5-2)20-16-11-7-9-14-8-6-10-15(17(14)16)18(13)20/h4,6-11H,5,12H2,1-3H3/q+1/b13-4+. The molecule has 2 aliphatic heterocycles. The molecule has 2 aliphatic rings. The minimum Gasteiger partial charge on any atom is -0.186 e. The van der Waals surface area contributed by atoms with E-state index >= 15 is 0 Å². The Labute approximate surface area is 120 Å². The van der Waals surface area contributed by atoms with Crippen LogP contribution in [0.2, 0.25) is 0 Å². The highest BCUT2D eigenvalue weighted by atomic mass is 15.1. The van der Waals surface area contributed by atoms with Gasteiger partial charge in [0.2, 0.25) is 11.4 Å². The predicted molar refractivity (Wildman–Crippen MR) is 85.0 cm³/mol. The Hall–Kier alpha value is -1.89. The van der Waals surface area contributed by atoms with Crippen LogP contribution in [0.3, 0.4) is 0 Å². The maximum Gasteiger partial charge on any atom is 0.217 e. The first-order chi connectivity index (χ1) is 9.69. The number of nitrogens with zero attached hydrogens (tertiary/aromatic N) is 1. The molecule has 4 rings (SSSR count). The fourth-order valence-corrected chi connectivity index (χ4v) is 3.92. The van der Waals surface area contributed by atoms with Gasteiger partial charge in [0.05, 0.1) is 10.9 Å². The SMILES string of the molecule is C/C=C1\CC(C)(CC)[N+]2=C1c1cccc3cccc2c13. The molecule has 0 saturated carbocycles. The Morgan fingerprint density at radius 3 is 2.65 bits per heavy atom. The molecule has 0 saturated heterocycles. The fourth-order valence-electron chi connectivity index (χ4n) is 3.92. The molecule has 2 heterocycles. The number of benzene rings is 2. The monoisotopic (exact) mass is 262 g/mol. The van der Waals surface area contributed by atoms with Crippen LogP contribution in [0, 0.1) is 0 Å². The summed E-state index contributed by atoms with van der Waals surface area (Å²) < 4.78 is 2.60. The first kappa shape index (κ1) is 11.9. The Morgan fingerprint density at radius 2 is 1.95 bits per heavy atom. The van der Waals surface area contributed by atoms with E-state index in [2.05, 4.69) is 67.8 Å². The van der Waals surface area contributed by atoms with Crippen LogP contribution in [0.1, 0.15) is 39.2 Å². The molecule has 1 atom stereocenters. The van der Waals surface area contributed by atoms with Gasteiger partial charge >= 0.3 is 0 Å². The zero-order chi connectivity index (χ0) is 13.9. The van der Waals surface area contributed by atoms with Crippen LogP contribution in [-0.2, 0) is 0 Å². The topological polar surface area (TPSA) is 3.01 Å². The molecule has 1 heteroatoms. The quantitative estimate of drug-likeness (QED) is 0.649. The molecule has 0 aliphatic carbocycles. The summed E-state index contributed by atoms with van der Waals surface area (Å²) in [6.07, 6.45) is 4.62. The van der Waals surface area contributed by atoms with Gasteiger partial charge < -0.3 is 0 Å². The van der Waals surface area contributed by atoms with Crippen molar-refractivity contribution in [3.8, 4) is 0 Å². The summed E-state index contributed by atoms with van der Waals surface area (Å²) in [5.74, 6) is 0. The molecule has 1 unspecified atom stereocenters. The van der Waals surface area contributed by atoms with Crippen LogP contribution in [0.25, 0.3) is 10.8 Å². The summed E-state index contributed by atoms with van der Waals surface area (Å²) in [7, 11) is 0. The average Bonchev–Trinajstić information content (AvgIpc) is 2.97. The molecule has 0 bridgehead atoms. The van der Waals surface area contributed by atoms with Crippen molar-refractivity contribution >= 4 is 22.2 Å². The van der Waals surface area contributed by atoms with Gasteiger partial charge in [0.1, 0.15) is 0 Å². The Bertz CT molecular complexity index is 789. The molecule has 0 spiro atoms. The normalized spacial score (nSPS) is 25.9. The zero-order valence-electron chi connectivity index (χ0n) is 12.4. The van der Waals surface area contributed by atoms with E-state index in [0.29, 0.717) is 0 Å². The van der Waals surface area contributed by atoms with Gasteiger partial charge in [-0.3, -0.25) is 0 Å². The molecule has 0 N–H and O–H groups in total. The van der Waals surface area contributed by atoms with Crippen LogP contribution < -0.4 is 0 Å². The van der Waals surface area contributed by atoms with Crippen molar-refractivity contribution in [1.29, 1.82) is 0 Å². The Kier molecular flexibility index (Phi) is 2.27. The lowest BCUT2D eigenvalue weighted by Crippen LogP contribution is -2.32. The maximum atomic E-state index is 2.60. The van der Waals surface area contributed by atoms with Gasteiger partial charge in [-0.1, -0.05) is 37.3 Å². The second-order valence-electron chi connectivity index (χ2n) is 6.21. The van der Waals surface area contributed by atoms with Crippen LogP contribution in [-0.4, -0.2) is 15.8 Å². The van der Waals surface area contributed by atoms with Crippen molar-refractivity contribution < 1.29 is 4.58 Å². The van der Waals surface area contributed by atoms with Gasteiger partial charge in [0.25, 0.3) is 0 Å². The number of rotatable bonds is 1. The molecule has 0 aromatic heterocycles. The Morgan fingerprint density at radius 1 is 1.20 bits per heavy atom. The molecule has 2 aromatic rings. The summed E-state index contributed by atoms with van der Waals surface area (Å²) in [4.78, 5) is 0. The molecular weight excluding hydrogens is 242 g/mol. The van der Waals surface area contributed by atoms with Crippen molar-refractivity contribution in [2.24, 2.45) is 0 Å². The number of hydrogen-bond acceptors (Lipinski definition) is 0. The lowest BCUT2D eigenvalue weighted by Gasteiger charge is -2.19. The van der Waals surface area contributed by atoms with Crippen molar-refractivity contribution in [2.75, 3.05) is 0 Å². The van der Waals surface area contributed by atoms with E-state index in [1.54, 1.807) is 0 Å². The van der Waals surface area contributed by atoms with Crippen LogP contribution >= 0.6 is 0 Å². The van der Waals surface area contributed by atoms with Crippen LogP contribution in [0.5, 0.6) is 0 Å². The van der Waals surface area contributed by atoms with E-state index < -0.39 is 0 Å². The van der Waals surface area contributed by atoms with E-state index in [9.17, 15) is 0 Å². The first-order valence-corrected chi connectivity index (χ1v) is 7.54. The van der Waals surface area contributed by atoms with Crippen LogP contribution in [0.4, 0.5) is 5.69 Å². The van der Waals surface area contributed by atoms with Crippen LogP contribution in [0.15, 0.2) is 48.0 Å². The maximum absolute atomic E-state index is 2.60. The summed E-state index contributed by atoms with van der Waals surface area (Å²) in [5.41, 5.74) is 5.98.